The van der Waals surface area contributed by atoms with Gasteiger partial charge in [-0.1, -0.05) is 36.2 Å². The van der Waals surface area contributed by atoms with E-state index in [-0.39, 0.29) is 5.54 Å². The maximum atomic E-state index is 6.21. The minimum Gasteiger partial charge on any atom is -0.369 e. The summed E-state index contributed by atoms with van der Waals surface area (Å²) in [4.78, 5) is 6.85. The zero-order valence-electron chi connectivity index (χ0n) is 12.2. The van der Waals surface area contributed by atoms with E-state index >= 15 is 0 Å². The number of aliphatic imine (C=N–C) groups is 1. The van der Waals surface area contributed by atoms with Crippen LogP contribution in [-0.4, -0.2) is 18.0 Å². The molecule has 1 heterocycles. The van der Waals surface area contributed by atoms with Gasteiger partial charge < -0.3 is 10.6 Å². The molecule has 1 unspecified atom stereocenters. The van der Waals surface area contributed by atoms with E-state index in [1.807, 2.05) is 0 Å². The van der Waals surface area contributed by atoms with Crippen LogP contribution in [0.25, 0.3) is 0 Å². The number of benzene rings is 1. The maximum Gasteiger partial charge on any atom is 0.196 e. The van der Waals surface area contributed by atoms with Crippen LogP contribution in [0.3, 0.4) is 0 Å². The molecule has 1 fully saturated rings. The molecule has 1 saturated carbocycles. The lowest BCUT2D eigenvalue weighted by Crippen LogP contribution is -2.55. The van der Waals surface area contributed by atoms with Gasteiger partial charge in [0.15, 0.2) is 5.96 Å². The van der Waals surface area contributed by atoms with Gasteiger partial charge in [-0.3, -0.25) is 4.99 Å². The maximum absolute atomic E-state index is 6.21. The second kappa shape index (κ2) is 4.76. The molecule has 0 aromatic heterocycles. The van der Waals surface area contributed by atoms with Crippen LogP contribution in [0.2, 0.25) is 0 Å². The highest BCUT2D eigenvalue weighted by Crippen LogP contribution is 2.47. The number of nitrogens with zero attached hydrogens (tertiary/aromatic N) is 2. The molecule has 1 aliphatic heterocycles. The Morgan fingerprint density at radius 3 is 2.55 bits per heavy atom. The number of guanidine groups is 1. The van der Waals surface area contributed by atoms with Gasteiger partial charge in [0.1, 0.15) is 0 Å². The van der Waals surface area contributed by atoms with Crippen molar-refractivity contribution in [3.8, 4) is 0 Å². The Hall–Kier alpha value is -1.03. The summed E-state index contributed by atoms with van der Waals surface area (Å²) in [5, 5.41) is 0. The molecule has 0 bridgehead atoms. The third-order valence-electron chi connectivity index (χ3n) is 4.63. The Bertz CT molecular complexity index is 535. The summed E-state index contributed by atoms with van der Waals surface area (Å²) in [5.74, 6) is 0.671. The number of hydrogen-bond donors (Lipinski definition) is 1. The Morgan fingerprint density at radius 1 is 1.20 bits per heavy atom. The highest BCUT2D eigenvalue weighted by Gasteiger charge is 2.48. The van der Waals surface area contributed by atoms with E-state index < -0.39 is 0 Å². The molecule has 0 radical (unpaired) electrons. The van der Waals surface area contributed by atoms with Crippen molar-refractivity contribution in [2.75, 3.05) is 11.4 Å². The fourth-order valence-electron chi connectivity index (χ4n) is 3.90. The largest absolute Gasteiger partial charge is 0.369 e. The third-order valence-corrected chi connectivity index (χ3v) is 5.16. The van der Waals surface area contributed by atoms with Gasteiger partial charge in [0.2, 0.25) is 0 Å². The van der Waals surface area contributed by atoms with Crippen LogP contribution in [0.15, 0.2) is 33.7 Å². The second-order valence-electron chi connectivity index (χ2n) is 6.91. The summed E-state index contributed by atoms with van der Waals surface area (Å²) in [6, 6.07) is 8.40. The summed E-state index contributed by atoms with van der Waals surface area (Å²) in [6.07, 6.45) is 4.88. The fraction of sp³-hybridized carbons (Fsp3) is 0.562. The first kappa shape index (κ1) is 13.9. The number of nitrogens with two attached hydrogens (primary N) is 1. The molecule has 4 heteroatoms. The molecule has 2 aliphatic rings. The highest BCUT2D eigenvalue weighted by atomic mass is 79.9. The molecule has 20 heavy (non-hydrogen) atoms. The highest BCUT2D eigenvalue weighted by molar-refractivity contribution is 9.10. The predicted octanol–water partition coefficient (Wildman–Crippen LogP) is 3.92. The second-order valence-corrected chi connectivity index (χ2v) is 7.82. The minimum absolute atomic E-state index is 0.0830. The van der Waals surface area contributed by atoms with Crippen LogP contribution < -0.4 is 10.6 Å². The van der Waals surface area contributed by atoms with Crippen molar-refractivity contribution in [3.63, 3.8) is 0 Å². The molecular weight excluding hydrogens is 314 g/mol. The van der Waals surface area contributed by atoms with Crippen molar-refractivity contribution in [1.82, 2.24) is 0 Å². The lowest BCUT2D eigenvalue weighted by molar-refractivity contribution is 0.163. The van der Waals surface area contributed by atoms with E-state index in [9.17, 15) is 0 Å². The zero-order valence-corrected chi connectivity index (χ0v) is 13.8. The standard InChI is InChI=1S/C16H22BrN3/c1-15(2)8-3-9-16(10-15)11-19-14(18)20(16)13-6-4-12(17)5-7-13/h4-7H,3,8-11H2,1-2H3,(H2,18,19). The molecule has 1 aromatic rings. The lowest BCUT2D eigenvalue weighted by atomic mass is 9.67. The Morgan fingerprint density at radius 2 is 1.90 bits per heavy atom. The van der Waals surface area contributed by atoms with Gasteiger partial charge >= 0.3 is 0 Å². The van der Waals surface area contributed by atoms with Gasteiger partial charge in [-0.15, -0.1) is 0 Å². The van der Waals surface area contributed by atoms with Crippen LogP contribution in [0.4, 0.5) is 5.69 Å². The van der Waals surface area contributed by atoms with Crippen molar-refractivity contribution >= 4 is 27.6 Å². The zero-order chi connectivity index (χ0) is 14.4. The summed E-state index contributed by atoms with van der Waals surface area (Å²) >= 11 is 3.49. The molecule has 1 aliphatic carbocycles. The number of hydrogen-bond acceptors (Lipinski definition) is 3. The van der Waals surface area contributed by atoms with Crippen LogP contribution in [0, 0.1) is 5.41 Å². The third kappa shape index (κ3) is 2.34. The summed E-state index contributed by atoms with van der Waals surface area (Å²) in [5.41, 5.74) is 7.81. The van der Waals surface area contributed by atoms with Gasteiger partial charge in [0, 0.05) is 10.2 Å². The van der Waals surface area contributed by atoms with Crippen molar-refractivity contribution in [3.05, 3.63) is 28.7 Å². The summed E-state index contributed by atoms with van der Waals surface area (Å²) in [7, 11) is 0. The van der Waals surface area contributed by atoms with Crippen LogP contribution in [-0.2, 0) is 0 Å². The monoisotopic (exact) mass is 335 g/mol. The molecule has 3 nitrogen and oxygen atoms in total. The molecule has 3 rings (SSSR count). The van der Waals surface area contributed by atoms with E-state index in [0.717, 1.165) is 23.1 Å². The molecule has 1 atom stereocenters. The normalized spacial score (nSPS) is 28.8. The smallest absolute Gasteiger partial charge is 0.196 e. The number of anilines is 1. The van der Waals surface area contributed by atoms with E-state index in [1.165, 1.54) is 19.3 Å². The van der Waals surface area contributed by atoms with Gasteiger partial charge in [0.25, 0.3) is 0 Å². The van der Waals surface area contributed by atoms with E-state index in [2.05, 4.69) is 63.9 Å². The van der Waals surface area contributed by atoms with E-state index in [0.29, 0.717) is 11.4 Å². The average molecular weight is 336 g/mol. The van der Waals surface area contributed by atoms with Crippen LogP contribution >= 0.6 is 15.9 Å². The summed E-state index contributed by atoms with van der Waals surface area (Å²) < 4.78 is 1.09. The van der Waals surface area contributed by atoms with E-state index in [1.54, 1.807) is 0 Å². The fourth-order valence-corrected chi connectivity index (χ4v) is 4.16. The molecule has 0 amide bonds. The van der Waals surface area contributed by atoms with Crippen molar-refractivity contribution in [1.29, 1.82) is 0 Å². The van der Waals surface area contributed by atoms with Gasteiger partial charge in [0.05, 0.1) is 12.1 Å². The van der Waals surface area contributed by atoms with Crippen molar-refractivity contribution in [2.45, 2.75) is 45.1 Å². The molecule has 1 aromatic carbocycles. The molecule has 2 N–H and O–H groups in total. The van der Waals surface area contributed by atoms with Crippen molar-refractivity contribution in [2.24, 2.45) is 16.1 Å². The van der Waals surface area contributed by atoms with Crippen LogP contribution in [0.1, 0.15) is 39.5 Å². The van der Waals surface area contributed by atoms with Gasteiger partial charge in [-0.2, -0.15) is 0 Å². The SMILES string of the molecule is CC1(C)CCCC2(CN=C(N)N2c2ccc(Br)cc2)C1. The quantitative estimate of drug-likeness (QED) is 0.844. The molecule has 108 valence electrons. The predicted molar refractivity (Wildman–Crippen MR) is 88.1 cm³/mol. The van der Waals surface area contributed by atoms with Gasteiger partial charge in [-0.05, 0) is 48.9 Å². The topological polar surface area (TPSA) is 41.6 Å². The summed E-state index contributed by atoms with van der Waals surface area (Å²) in [6.45, 7) is 5.56. The average Bonchev–Trinajstić information content (AvgIpc) is 2.66. The lowest BCUT2D eigenvalue weighted by Gasteiger charge is -2.48. The van der Waals surface area contributed by atoms with Crippen molar-refractivity contribution < 1.29 is 0 Å². The molecule has 0 saturated heterocycles. The molecule has 1 spiro atoms. The Labute approximate surface area is 129 Å². The number of halogens is 1. The van der Waals surface area contributed by atoms with Crippen LogP contribution in [0.5, 0.6) is 0 Å². The molecular formula is C16H22BrN3. The Kier molecular flexibility index (Phi) is 3.32. The first-order valence-electron chi connectivity index (χ1n) is 7.28. The number of rotatable bonds is 1. The van der Waals surface area contributed by atoms with E-state index in [4.69, 9.17) is 5.73 Å². The first-order chi connectivity index (χ1) is 9.42. The Balaban J connectivity index is 1.97. The van der Waals surface area contributed by atoms with Gasteiger partial charge in [-0.25, -0.2) is 0 Å². The first-order valence-corrected chi connectivity index (χ1v) is 8.07. The minimum atomic E-state index is 0.0830.